The molecule has 1 unspecified atom stereocenters. The molecule has 0 aliphatic carbocycles. The van der Waals surface area contributed by atoms with Crippen molar-refractivity contribution in [2.24, 2.45) is 5.92 Å². The zero-order chi connectivity index (χ0) is 12.7. The quantitative estimate of drug-likeness (QED) is 0.669. The van der Waals surface area contributed by atoms with E-state index < -0.39 is 5.60 Å². The molecule has 0 amide bonds. The lowest BCUT2D eigenvalue weighted by atomic mass is 9.94. The van der Waals surface area contributed by atoms with Crippen molar-refractivity contribution in [2.75, 3.05) is 32.7 Å². The summed E-state index contributed by atoms with van der Waals surface area (Å²) >= 11 is 0. The van der Waals surface area contributed by atoms with E-state index >= 15 is 0 Å². The number of piperidine rings is 1. The molecule has 1 aliphatic heterocycles. The first-order valence-electron chi connectivity index (χ1n) is 7.23. The zero-order valence-electron chi connectivity index (χ0n) is 11.8. The van der Waals surface area contributed by atoms with E-state index in [4.69, 9.17) is 0 Å². The van der Waals surface area contributed by atoms with E-state index in [1.54, 1.807) is 0 Å². The van der Waals surface area contributed by atoms with Crippen molar-refractivity contribution in [2.45, 2.75) is 52.1 Å². The normalized spacial score (nSPS) is 22.6. The first kappa shape index (κ1) is 14.9. The molecule has 1 aliphatic rings. The minimum absolute atomic E-state index is 0.507. The number of aliphatic hydroxyl groups is 1. The maximum absolute atomic E-state index is 10.1. The van der Waals surface area contributed by atoms with Crippen molar-refractivity contribution < 1.29 is 5.11 Å². The van der Waals surface area contributed by atoms with Crippen LogP contribution >= 0.6 is 0 Å². The van der Waals surface area contributed by atoms with Gasteiger partial charge in [0.05, 0.1) is 5.60 Å². The lowest BCUT2D eigenvalue weighted by Crippen LogP contribution is -2.45. The van der Waals surface area contributed by atoms with Crippen molar-refractivity contribution >= 4 is 0 Å². The van der Waals surface area contributed by atoms with Gasteiger partial charge in [0.15, 0.2) is 0 Å². The van der Waals surface area contributed by atoms with Gasteiger partial charge in [-0.2, -0.15) is 0 Å². The van der Waals surface area contributed by atoms with E-state index in [0.29, 0.717) is 0 Å². The van der Waals surface area contributed by atoms with E-state index in [1.807, 2.05) is 6.92 Å². The molecule has 1 heterocycles. The number of nitrogens with zero attached hydrogens (tertiary/aromatic N) is 1. The van der Waals surface area contributed by atoms with Crippen molar-refractivity contribution in [1.82, 2.24) is 10.2 Å². The second-order valence-electron chi connectivity index (χ2n) is 5.77. The van der Waals surface area contributed by atoms with Crippen LogP contribution < -0.4 is 5.32 Å². The fourth-order valence-electron chi connectivity index (χ4n) is 2.43. The predicted molar refractivity (Wildman–Crippen MR) is 73.2 cm³/mol. The summed E-state index contributed by atoms with van der Waals surface area (Å²) in [6.07, 6.45) is 4.61. The molecule has 3 nitrogen and oxygen atoms in total. The third-order valence-electron chi connectivity index (χ3n) is 3.89. The summed E-state index contributed by atoms with van der Waals surface area (Å²) < 4.78 is 0. The minimum atomic E-state index is -0.507. The van der Waals surface area contributed by atoms with Crippen LogP contribution in [0.2, 0.25) is 0 Å². The maximum Gasteiger partial charge on any atom is 0.0743 e. The Hall–Kier alpha value is -0.120. The third kappa shape index (κ3) is 5.84. The van der Waals surface area contributed by atoms with Crippen LogP contribution in [0.15, 0.2) is 0 Å². The van der Waals surface area contributed by atoms with Crippen molar-refractivity contribution in [3.05, 3.63) is 0 Å². The Morgan fingerprint density at radius 3 is 2.47 bits per heavy atom. The molecule has 0 spiro atoms. The van der Waals surface area contributed by atoms with Crippen LogP contribution in [0.4, 0.5) is 0 Å². The molecule has 1 saturated heterocycles. The van der Waals surface area contributed by atoms with Gasteiger partial charge in [-0.25, -0.2) is 0 Å². The fourth-order valence-corrected chi connectivity index (χ4v) is 2.43. The molecule has 1 rings (SSSR count). The molecule has 0 aromatic heterocycles. The largest absolute Gasteiger partial charge is 0.389 e. The summed E-state index contributed by atoms with van der Waals surface area (Å²) in [5, 5.41) is 13.6. The van der Waals surface area contributed by atoms with Gasteiger partial charge < -0.3 is 15.3 Å². The van der Waals surface area contributed by atoms with Crippen LogP contribution in [0.3, 0.4) is 0 Å². The highest BCUT2D eigenvalue weighted by molar-refractivity contribution is 4.80. The van der Waals surface area contributed by atoms with Gasteiger partial charge in [0.25, 0.3) is 0 Å². The first-order valence-corrected chi connectivity index (χ1v) is 7.23. The highest BCUT2D eigenvalue weighted by atomic mass is 16.3. The molecule has 0 aromatic carbocycles. The van der Waals surface area contributed by atoms with Gasteiger partial charge in [0.2, 0.25) is 0 Å². The maximum atomic E-state index is 10.1. The van der Waals surface area contributed by atoms with Gasteiger partial charge in [-0.15, -0.1) is 0 Å². The molecule has 0 aromatic rings. The van der Waals surface area contributed by atoms with Gasteiger partial charge >= 0.3 is 0 Å². The van der Waals surface area contributed by atoms with Crippen LogP contribution in [0.1, 0.15) is 46.5 Å². The Kier molecular flexibility index (Phi) is 6.45. The van der Waals surface area contributed by atoms with Gasteiger partial charge in [-0.3, -0.25) is 0 Å². The first-order chi connectivity index (χ1) is 8.07. The Balaban J connectivity index is 2.17. The highest BCUT2D eigenvalue weighted by Gasteiger charge is 2.25. The number of β-amino-alcohol motifs (C(OH)–C–C–N with tert-alkyl or cyclic N) is 1. The summed E-state index contributed by atoms with van der Waals surface area (Å²) in [4.78, 5) is 2.42. The molecule has 2 N–H and O–H groups in total. The number of hydrogen-bond acceptors (Lipinski definition) is 3. The lowest BCUT2D eigenvalue weighted by Gasteiger charge is -2.36. The molecule has 0 saturated carbocycles. The third-order valence-corrected chi connectivity index (χ3v) is 3.89. The van der Waals surface area contributed by atoms with Gasteiger partial charge in [0.1, 0.15) is 0 Å². The lowest BCUT2D eigenvalue weighted by molar-refractivity contribution is 0.00665. The van der Waals surface area contributed by atoms with Gasteiger partial charge in [0, 0.05) is 6.54 Å². The van der Waals surface area contributed by atoms with E-state index in [0.717, 1.165) is 38.5 Å². The van der Waals surface area contributed by atoms with Crippen LogP contribution in [0.25, 0.3) is 0 Å². The highest BCUT2D eigenvalue weighted by Crippen LogP contribution is 2.19. The van der Waals surface area contributed by atoms with Gasteiger partial charge in [-0.05, 0) is 64.7 Å². The summed E-state index contributed by atoms with van der Waals surface area (Å²) in [5.74, 6) is 0.837. The number of nitrogens with one attached hydrogen (secondary N) is 1. The molecular formula is C14H30N2O. The zero-order valence-corrected chi connectivity index (χ0v) is 11.8. The number of likely N-dealkylation sites (tertiary alicyclic amines) is 1. The molecule has 0 radical (unpaired) electrons. The molecule has 1 atom stereocenters. The van der Waals surface area contributed by atoms with E-state index in [2.05, 4.69) is 24.1 Å². The second kappa shape index (κ2) is 7.34. The summed E-state index contributed by atoms with van der Waals surface area (Å²) in [5.41, 5.74) is -0.507. The summed E-state index contributed by atoms with van der Waals surface area (Å²) in [6.45, 7) is 11.7. The molecule has 3 heteroatoms. The van der Waals surface area contributed by atoms with Crippen LogP contribution in [0, 0.1) is 5.92 Å². The monoisotopic (exact) mass is 242 g/mol. The smallest absolute Gasteiger partial charge is 0.0743 e. The second-order valence-corrected chi connectivity index (χ2v) is 5.77. The predicted octanol–water partition coefficient (Wildman–Crippen LogP) is 1.86. The average Bonchev–Trinajstić information content (AvgIpc) is 2.31. The van der Waals surface area contributed by atoms with E-state index in [-0.39, 0.29) is 0 Å². The molecule has 1 fully saturated rings. The van der Waals surface area contributed by atoms with Gasteiger partial charge in [-0.1, -0.05) is 13.8 Å². The number of hydrogen-bond donors (Lipinski definition) is 2. The molecule has 102 valence electrons. The van der Waals surface area contributed by atoms with Crippen molar-refractivity contribution in [3.63, 3.8) is 0 Å². The van der Waals surface area contributed by atoms with Crippen molar-refractivity contribution in [1.29, 1.82) is 0 Å². The van der Waals surface area contributed by atoms with Crippen LogP contribution in [-0.4, -0.2) is 48.3 Å². The standard InChI is InChI=1S/C14H30N2O/c1-4-8-15-11-13-6-9-16(10-7-13)12-14(3,17)5-2/h13,15,17H,4-12H2,1-3H3. The van der Waals surface area contributed by atoms with Crippen LogP contribution in [-0.2, 0) is 0 Å². The topological polar surface area (TPSA) is 35.5 Å². The van der Waals surface area contributed by atoms with Crippen molar-refractivity contribution in [3.8, 4) is 0 Å². The fraction of sp³-hybridized carbons (Fsp3) is 1.00. The summed E-state index contributed by atoms with van der Waals surface area (Å²) in [6, 6.07) is 0. The molecule has 17 heavy (non-hydrogen) atoms. The summed E-state index contributed by atoms with van der Waals surface area (Å²) in [7, 11) is 0. The van der Waals surface area contributed by atoms with E-state index in [1.165, 1.54) is 25.8 Å². The average molecular weight is 242 g/mol. The SMILES string of the molecule is CCCNCC1CCN(CC(C)(O)CC)CC1. The Bertz CT molecular complexity index is 198. The van der Waals surface area contributed by atoms with E-state index in [9.17, 15) is 5.11 Å². The van der Waals surface area contributed by atoms with Crippen LogP contribution in [0.5, 0.6) is 0 Å². The Morgan fingerprint density at radius 2 is 1.94 bits per heavy atom. The number of rotatable bonds is 7. The minimum Gasteiger partial charge on any atom is -0.389 e. The molecular weight excluding hydrogens is 212 g/mol. The molecule has 0 bridgehead atoms. The Morgan fingerprint density at radius 1 is 1.29 bits per heavy atom. The Labute approximate surface area is 107 Å².